The van der Waals surface area contributed by atoms with E-state index < -0.39 is 0 Å². The number of nitriles is 1. The zero-order valence-corrected chi connectivity index (χ0v) is 13.0. The highest BCUT2D eigenvalue weighted by Crippen LogP contribution is 2.14. The number of aromatic nitrogens is 2. The zero-order chi connectivity index (χ0) is 16.5. The number of nitrogens with zero attached hydrogens (tertiary/aromatic N) is 3. The van der Waals surface area contributed by atoms with Crippen molar-refractivity contribution in [3.05, 3.63) is 47.8 Å². The van der Waals surface area contributed by atoms with E-state index >= 15 is 0 Å². The Morgan fingerprint density at radius 3 is 2.87 bits per heavy atom. The van der Waals surface area contributed by atoms with E-state index in [1.807, 2.05) is 6.07 Å². The predicted molar refractivity (Wildman–Crippen MR) is 89.2 cm³/mol. The molecule has 1 amide bonds. The molecular formula is C17H19N5O. The normalized spacial score (nSPS) is 9.91. The van der Waals surface area contributed by atoms with Crippen LogP contribution in [0.5, 0.6) is 0 Å². The van der Waals surface area contributed by atoms with E-state index in [2.05, 4.69) is 27.5 Å². The molecule has 0 fully saturated rings. The lowest BCUT2D eigenvalue weighted by Crippen LogP contribution is -2.16. The summed E-state index contributed by atoms with van der Waals surface area (Å²) in [5, 5.41) is 14.9. The molecule has 0 spiro atoms. The summed E-state index contributed by atoms with van der Waals surface area (Å²) in [5.41, 5.74) is 1.13. The van der Waals surface area contributed by atoms with E-state index in [9.17, 15) is 4.79 Å². The van der Waals surface area contributed by atoms with Gasteiger partial charge in [-0.15, -0.1) is 0 Å². The quantitative estimate of drug-likeness (QED) is 0.766. The van der Waals surface area contributed by atoms with Gasteiger partial charge in [-0.2, -0.15) is 5.26 Å². The number of nitrogens with one attached hydrogen (secondary N) is 2. The van der Waals surface area contributed by atoms with Crippen LogP contribution in [0.25, 0.3) is 0 Å². The number of hydrogen-bond acceptors (Lipinski definition) is 5. The molecule has 0 aliphatic heterocycles. The standard InChI is InChI=1S/C17H19N5O/c1-2-3-6-10-19-17-20-11-9-15(22-17)16(23)21-14-8-5-4-7-13(14)12-18/h4-5,7-9,11H,2-3,6,10H2,1H3,(H,21,23)(H,19,20,22). The molecule has 0 radical (unpaired) electrons. The maximum atomic E-state index is 12.3. The number of amides is 1. The third-order valence-electron chi connectivity index (χ3n) is 3.25. The van der Waals surface area contributed by atoms with Gasteiger partial charge >= 0.3 is 0 Å². The first kappa shape index (κ1) is 16.4. The van der Waals surface area contributed by atoms with Crippen molar-refractivity contribution in [3.8, 4) is 6.07 Å². The third-order valence-corrected chi connectivity index (χ3v) is 3.25. The third kappa shape index (κ3) is 4.78. The van der Waals surface area contributed by atoms with Gasteiger partial charge in [0.1, 0.15) is 11.8 Å². The fourth-order valence-corrected chi connectivity index (χ4v) is 2.02. The van der Waals surface area contributed by atoms with Gasteiger partial charge < -0.3 is 10.6 Å². The predicted octanol–water partition coefficient (Wildman–Crippen LogP) is 3.20. The Morgan fingerprint density at radius 2 is 2.09 bits per heavy atom. The molecule has 0 unspecified atom stereocenters. The molecule has 0 atom stereocenters. The average Bonchev–Trinajstić information content (AvgIpc) is 2.59. The van der Waals surface area contributed by atoms with Crippen molar-refractivity contribution < 1.29 is 4.79 Å². The second kappa shape index (κ2) is 8.49. The first-order chi connectivity index (χ1) is 11.2. The van der Waals surface area contributed by atoms with Crippen molar-refractivity contribution in [2.24, 2.45) is 0 Å². The Bertz CT molecular complexity index is 708. The van der Waals surface area contributed by atoms with Gasteiger partial charge in [0.05, 0.1) is 11.3 Å². The average molecular weight is 309 g/mol. The molecule has 1 aromatic heterocycles. The van der Waals surface area contributed by atoms with Crippen molar-refractivity contribution in [3.63, 3.8) is 0 Å². The number of unbranched alkanes of at least 4 members (excludes halogenated alkanes) is 2. The van der Waals surface area contributed by atoms with Crippen LogP contribution in [0.4, 0.5) is 11.6 Å². The lowest BCUT2D eigenvalue weighted by molar-refractivity contribution is 0.102. The molecule has 0 aliphatic carbocycles. The highest BCUT2D eigenvalue weighted by molar-refractivity contribution is 6.03. The summed E-state index contributed by atoms with van der Waals surface area (Å²) in [6, 6.07) is 10.4. The summed E-state index contributed by atoms with van der Waals surface area (Å²) in [6.07, 6.45) is 4.85. The summed E-state index contributed by atoms with van der Waals surface area (Å²) in [7, 11) is 0. The summed E-state index contributed by atoms with van der Waals surface area (Å²) in [5.74, 6) is 0.0639. The van der Waals surface area contributed by atoms with Gasteiger partial charge in [0, 0.05) is 12.7 Å². The minimum atomic E-state index is -0.369. The van der Waals surface area contributed by atoms with Crippen molar-refractivity contribution in [1.29, 1.82) is 5.26 Å². The van der Waals surface area contributed by atoms with E-state index in [0.717, 1.165) is 25.8 Å². The molecule has 2 rings (SSSR count). The van der Waals surface area contributed by atoms with Crippen LogP contribution in [0.15, 0.2) is 36.5 Å². The number of benzene rings is 1. The summed E-state index contributed by atoms with van der Waals surface area (Å²) >= 11 is 0. The maximum absolute atomic E-state index is 12.3. The van der Waals surface area contributed by atoms with Crippen LogP contribution in [-0.4, -0.2) is 22.4 Å². The van der Waals surface area contributed by atoms with Gasteiger partial charge in [0.15, 0.2) is 0 Å². The lowest BCUT2D eigenvalue weighted by atomic mass is 10.2. The van der Waals surface area contributed by atoms with Crippen molar-refractivity contribution in [2.75, 3.05) is 17.2 Å². The molecule has 118 valence electrons. The van der Waals surface area contributed by atoms with Crippen molar-refractivity contribution in [1.82, 2.24) is 9.97 Å². The SMILES string of the molecule is CCCCCNc1nccc(C(=O)Nc2ccccc2C#N)n1. The molecule has 1 aromatic carbocycles. The molecular weight excluding hydrogens is 290 g/mol. The fraction of sp³-hybridized carbons (Fsp3) is 0.294. The fourth-order valence-electron chi connectivity index (χ4n) is 2.02. The molecule has 0 saturated carbocycles. The van der Waals surface area contributed by atoms with Gasteiger partial charge in [0.2, 0.25) is 5.95 Å². The smallest absolute Gasteiger partial charge is 0.274 e. The van der Waals surface area contributed by atoms with Crippen LogP contribution in [0.2, 0.25) is 0 Å². The van der Waals surface area contributed by atoms with Crippen LogP contribution in [-0.2, 0) is 0 Å². The van der Waals surface area contributed by atoms with E-state index in [1.165, 1.54) is 0 Å². The summed E-state index contributed by atoms with van der Waals surface area (Å²) in [4.78, 5) is 20.6. The molecule has 6 nitrogen and oxygen atoms in total. The zero-order valence-electron chi connectivity index (χ0n) is 13.0. The first-order valence-electron chi connectivity index (χ1n) is 7.62. The second-order valence-electron chi connectivity index (χ2n) is 5.01. The van der Waals surface area contributed by atoms with Gasteiger partial charge in [-0.3, -0.25) is 4.79 Å². The first-order valence-corrected chi connectivity index (χ1v) is 7.62. The molecule has 0 saturated heterocycles. The molecule has 1 heterocycles. The molecule has 6 heteroatoms. The number of rotatable bonds is 7. The Labute approximate surface area is 135 Å². The van der Waals surface area contributed by atoms with Gasteiger partial charge in [-0.05, 0) is 24.6 Å². The summed E-state index contributed by atoms with van der Waals surface area (Å²) < 4.78 is 0. The number of carbonyl (C=O) groups excluding carboxylic acids is 1. The van der Waals surface area contributed by atoms with E-state index in [0.29, 0.717) is 17.2 Å². The number of anilines is 2. The van der Waals surface area contributed by atoms with Gasteiger partial charge in [-0.25, -0.2) is 9.97 Å². The number of hydrogen-bond donors (Lipinski definition) is 2. The van der Waals surface area contributed by atoms with E-state index in [4.69, 9.17) is 5.26 Å². The Hall–Kier alpha value is -2.94. The molecule has 2 aromatic rings. The van der Waals surface area contributed by atoms with Crippen LogP contribution >= 0.6 is 0 Å². The topological polar surface area (TPSA) is 90.7 Å². The van der Waals surface area contributed by atoms with Crippen LogP contribution in [0.3, 0.4) is 0 Å². The number of carbonyl (C=O) groups is 1. The van der Waals surface area contributed by atoms with Crippen molar-refractivity contribution >= 4 is 17.5 Å². The molecule has 23 heavy (non-hydrogen) atoms. The van der Waals surface area contributed by atoms with Crippen LogP contribution < -0.4 is 10.6 Å². The minimum absolute atomic E-state index is 0.255. The Morgan fingerprint density at radius 1 is 1.26 bits per heavy atom. The van der Waals surface area contributed by atoms with Crippen LogP contribution in [0.1, 0.15) is 42.2 Å². The Kier molecular flexibility index (Phi) is 6.07. The molecule has 2 N–H and O–H groups in total. The highest BCUT2D eigenvalue weighted by atomic mass is 16.1. The summed E-state index contributed by atoms with van der Waals surface area (Å²) in [6.45, 7) is 2.91. The molecule has 0 bridgehead atoms. The molecule has 0 aliphatic rings. The monoisotopic (exact) mass is 309 g/mol. The van der Waals surface area contributed by atoms with E-state index in [-0.39, 0.29) is 11.6 Å². The minimum Gasteiger partial charge on any atom is -0.354 e. The van der Waals surface area contributed by atoms with Gasteiger partial charge in [0.25, 0.3) is 5.91 Å². The largest absolute Gasteiger partial charge is 0.354 e. The Balaban J connectivity index is 2.03. The van der Waals surface area contributed by atoms with Gasteiger partial charge in [-0.1, -0.05) is 31.9 Å². The van der Waals surface area contributed by atoms with E-state index in [1.54, 1.807) is 36.5 Å². The number of para-hydroxylation sites is 1. The lowest BCUT2D eigenvalue weighted by Gasteiger charge is -2.08. The highest BCUT2D eigenvalue weighted by Gasteiger charge is 2.11. The second-order valence-corrected chi connectivity index (χ2v) is 5.01. The van der Waals surface area contributed by atoms with Crippen LogP contribution in [0, 0.1) is 11.3 Å². The van der Waals surface area contributed by atoms with Crippen molar-refractivity contribution in [2.45, 2.75) is 26.2 Å². The maximum Gasteiger partial charge on any atom is 0.274 e.